The number of carbonyl (C=O) groups is 1. The zero-order chi connectivity index (χ0) is 21.4. The lowest BCUT2D eigenvalue weighted by Crippen LogP contribution is -2.55. The van der Waals surface area contributed by atoms with Crippen LogP contribution in [0.2, 0.25) is 0 Å². The van der Waals surface area contributed by atoms with Crippen LogP contribution in [0, 0.1) is 40.4 Å². The highest BCUT2D eigenvalue weighted by atomic mass is 16.4. The van der Waals surface area contributed by atoms with E-state index < -0.39 is 5.97 Å². The molecule has 0 radical (unpaired) electrons. The maximum Gasteiger partial charge on any atom is 0.303 e. The number of aliphatic hydroxyl groups is 2. The molecule has 3 saturated carbocycles. The smallest absolute Gasteiger partial charge is 0.303 e. The minimum atomic E-state index is -0.711. The van der Waals surface area contributed by atoms with E-state index in [2.05, 4.69) is 27.7 Å². The minimum Gasteiger partial charge on any atom is -0.481 e. The summed E-state index contributed by atoms with van der Waals surface area (Å²) >= 11 is 0. The first-order valence-electron chi connectivity index (χ1n) is 12.2. The van der Waals surface area contributed by atoms with Gasteiger partial charge in [0.1, 0.15) is 0 Å². The van der Waals surface area contributed by atoms with Crippen LogP contribution in [0.3, 0.4) is 0 Å². The van der Waals surface area contributed by atoms with Crippen molar-refractivity contribution in [3.63, 3.8) is 0 Å². The Bertz CT molecular complexity index is 567. The molecular formula is C25H44O4. The summed E-state index contributed by atoms with van der Waals surface area (Å²) in [5.74, 6) is 1.77. The van der Waals surface area contributed by atoms with Gasteiger partial charge in [-0.15, -0.1) is 0 Å². The lowest BCUT2D eigenvalue weighted by Gasteiger charge is -2.58. The van der Waals surface area contributed by atoms with Gasteiger partial charge < -0.3 is 15.3 Å². The number of aliphatic hydroxyl groups excluding tert-OH is 2. The quantitative estimate of drug-likeness (QED) is 0.537. The van der Waals surface area contributed by atoms with Gasteiger partial charge in [0, 0.05) is 6.42 Å². The van der Waals surface area contributed by atoms with Crippen molar-refractivity contribution in [2.24, 2.45) is 40.4 Å². The first-order chi connectivity index (χ1) is 13.6. The molecule has 4 heteroatoms. The van der Waals surface area contributed by atoms with Gasteiger partial charge in [-0.3, -0.25) is 4.79 Å². The van der Waals surface area contributed by atoms with E-state index in [1.807, 2.05) is 0 Å². The summed E-state index contributed by atoms with van der Waals surface area (Å²) in [5, 5.41) is 30.7. The summed E-state index contributed by atoms with van der Waals surface area (Å²) in [6.07, 6.45) is 10.1. The molecule has 3 aliphatic rings. The molecule has 29 heavy (non-hydrogen) atoms. The second kappa shape index (κ2) is 8.86. The average molecular weight is 409 g/mol. The Kier molecular flexibility index (Phi) is 7.05. The van der Waals surface area contributed by atoms with Gasteiger partial charge in [0.05, 0.1) is 12.2 Å². The van der Waals surface area contributed by atoms with E-state index in [9.17, 15) is 15.0 Å². The Balaban J connectivity index is 1.84. The van der Waals surface area contributed by atoms with Gasteiger partial charge in [-0.05, 0) is 91.8 Å². The van der Waals surface area contributed by atoms with Gasteiger partial charge in [0.2, 0.25) is 0 Å². The third kappa shape index (κ3) is 4.26. The molecule has 3 rings (SSSR count). The van der Waals surface area contributed by atoms with Crippen molar-refractivity contribution < 1.29 is 20.1 Å². The van der Waals surface area contributed by atoms with Crippen molar-refractivity contribution in [1.29, 1.82) is 0 Å². The van der Waals surface area contributed by atoms with E-state index in [0.29, 0.717) is 36.0 Å². The Hall–Kier alpha value is -0.610. The highest BCUT2D eigenvalue weighted by molar-refractivity contribution is 5.66. The standard InChI is InChI=1S/C25H44O4/c1-5-6-18-20-9-8-19(16(2)7-10-23(28)29)25(20,4)22(27)15-21(18)24(3)13-11-17(26)12-14-24/h16-22,26-27H,5-15H2,1-4H3,(H,28,29)/t16-,17?,18?,19?,20?,21?,22+,24?,25-/m1/s1. The van der Waals surface area contributed by atoms with E-state index in [1.54, 1.807) is 0 Å². The van der Waals surface area contributed by atoms with Crippen LogP contribution in [0.1, 0.15) is 98.3 Å². The van der Waals surface area contributed by atoms with Crippen LogP contribution in [0.25, 0.3) is 0 Å². The fourth-order valence-electron chi connectivity index (χ4n) is 8.00. The van der Waals surface area contributed by atoms with Gasteiger partial charge >= 0.3 is 5.97 Å². The summed E-state index contributed by atoms with van der Waals surface area (Å²) in [5.41, 5.74) is 0.146. The van der Waals surface area contributed by atoms with Gasteiger partial charge in [-0.25, -0.2) is 0 Å². The molecule has 0 aromatic rings. The molecule has 0 bridgehead atoms. The second-order valence-corrected chi connectivity index (χ2v) is 11.3. The van der Waals surface area contributed by atoms with E-state index in [4.69, 9.17) is 5.11 Å². The van der Waals surface area contributed by atoms with Gasteiger partial charge in [0.15, 0.2) is 0 Å². The van der Waals surface area contributed by atoms with Gasteiger partial charge in [-0.2, -0.15) is 0 Å². The van der Waals surface area contributed by atoms with Crippen LogP contribution in [-0.2, 0) is 4.79 Å². The number of carboxylic acids is 1. The van der Waals surface area contributed by atoms with Crippen molar-refractivity contribution in [2.45, 2.75) is 111 Å². The van der Waals surface area contributed by atoms with Crippen LogP contribution in [0.15, 0.2) is 0 Å². The SMILES string of the molecule is CCCC1C(C2(C)CCC(O)CC2)C[C@H](O)[C@@]2(C)C1CCC2[C@H](C)CCC(=O)O. The second-order valence-electron chi connectivity index (χ2n) is 11.3. The third-order valence-corrected chi connectivity index (χ3v) is 9.73. The molecule has 4 unspecified atom stereocenters. The summed E-state index contributed by atoms with van der Waals surface area (Å²) in [4.78, 5) is 11.1. The molecule has 0 saturated heterocycles. The van der Waals surface area contributed by atoms with Crippen LogP contribution < -0.4 is 0 Å². The molecule has 168 valence electrons. The lowest BCUT2D eigenvalue weighted by molar-refractivity contribution is -0.145. The highest BCUT2D eigenvalue weighted by Crippen LogP contribution is 2.65. The zero-order valence-electron chi connectivity index (χ0n) is 19.1. The van der Waals surface area contributed by atoms with E-state index in [1.165, 1.54) is 19.3 Å². The van der Waals surface area contributed by atoms with Crippen molar-refractivity contribution in [1.82, 2.24) is 0 Å². The monoisotopic (exact) mass is 408 g/mol. The minimum absolute atomic E-state index is 0.0845. The summed E-state index contributed by atoms with van der Waals surface area (Å²) in [6, 6.07) is 0. The summed E-state index contributed by atoms with van der Waals surface area (Å²) < 4.78 is 0. The maximum absolute atomic E-state index is 11.5. The first kappa shape index (κ1) is 23.1. The Morgan fingerprint density at radius 3 is 2.31 bits per heavy atom. The number of aliphatic carboxylic acids is 1. The van der Waals surface area contributed by atoms with E-state index >= 15 is 0 Å². The molecule has 0 amide bonds. The molecule has 0 spiro atoms. The number of rotatable bonds is 7. The summed E-state index contributed by atoms with van der Waals surface area (Å²) in [6.45, 7) is 9.24. The fourth-order valence-corrected chi connectivity index (χ4v) is 8.00. The molecule has 3 aliphatic carbocycles. The molecule has 3 fully saturated rings. The predicted octanol–water partition coefficient (Wildman–Crippen LogP) is 5.26. The van der Waals surface area contributed by atoms with Crippen molar-refractivity contribution >= 4 is 5.97 Å². The fraction of sp³-hybridized carbons (Fsp3) is 0.960. The number of hydrogen-bond acceptors (Lipinski definition) is 3. The Labute approximate surface area is 177 Å². The van der Waals surface area contributed by atoms with Crippen LogP contribution in [-0.4, -0.2) is 33.5 Å². The highest BCUT2D eigenvalue weighted by Gasteiger charge is 2.61. The topological polar surface area (TPSA) is 77.8 Å². The molecule has 0 heterocycles. The van der Waals surface area contributed by atoms with Crippen molar-refractivity contribution in [3.05, 3.63) is 0 Å². The lowest BCUT2D eigenvalue weighted by atomic mass is 9.48. The average Bonchev–Trinajstić information content (AvgIpc) is 3.03. The molecule has 4 nitrogen and oxygen atoms in total. The molecule has 0 aromatic carbocycles. The van der Waals surface area contributed by atoms with Gasteiger partial charge in [-0.1, -0.05) is 40.5 Å². The van der Waals surface area contributed by atoms with Gasteiger partial charge in [0.25, 0.3) is 0 Å². The van der Waals surface area contributed by atoms with Crippen molar-refractivity contribution in [3.8, 4) is 0 Å². The normalized spacial score (nSPS) is 46.3. The molecule has 0 aromatic heterocycles. The number of carboxylic acid groups (broad SMARTS) is 1. The largest absolute Gasteiger partial charge is 0.481 e. The third-order valence-electron chi connectivity index (χ3n) is 9.73. The Morgan fingerprint density at radius 2 is 1.72 bits per heavy atom. The Morgan fingerprint density at radius 1 is 1.07 bits per heavy atom. The summed E-state index contributed by atoms with van der Waals surface area (Å²) in [7, 11) is 0. The molecule has 7 atom stereocenters. The van der Waals surface area contributed by atoms with E-state index in [-0.39, 0.29) is 29.5 Å². The van der Waals surface area contributed by atoms with Crippen molar-refractivity contribution in [2.75, 3.05) is 0 Å². The predicted molar refractivity (Wildman–Crippen MR) is 115 cm³/mol. The molecular weight excluding hydrogens is 364 g/mol. The molecule has 0 aliphatic heterocycles. The zero-order valence-corrected chi connectivity index (χ0v) is 19.1. The van der Waals surface area contributed by atoms with Crippen LogP contribution in [0.5, 0.6) is 0 Å². The van der Waals surface area contributed by atoms with Crippen LogP contribution >= 0.6 is 0 Å². The molecule has 3 N–H and O–H groups in total. The maximum atomic E-state index is 11.5. The number of hydrogen-bond donors (Lipinski definition) is 3. The number of fused-ring (bicyclic) bond motifs is 1. The van der Waals surface area contributed by atoms with Crippen LogP contribution in [0.4, 0.5) is 0 Å². The van der Waals surface area contributed by atoms with E-state index in [0.717, 1.165) is 38.5 Å². The first-order valence-corrected chi connectivity index (χ1v) is 12.2.